The van der Waals surface area contributed by atoms with E-state index >= 15 is 0 Å². The quantitative estimate of drug-likeness (QED) is 0.776. The number of rotatable bonds is 7. The van der Waals surface area contributed by atoms with Crippen LogP contribution in [0.4, 0.5) is 0 Å². The van der Waals surface area contributed by atoms with E-state index in [1.807, 2.05) is 24.3 Å². The van der Waals surface area contributed by atoms with Crippen molar-refractivity contribution in [1.82, 2.24) is 5.32 Å². The molecule has 1 aliphatic heterocycles. The molecule has 2 aromatic carbocycles. The van der Waals surface area contributed by atoms with Gasteiger partial charge in [-0.25, -0.2) is 0 Å². The van der Waals surface area contributed by atoms with Gasteiger partial charge in [0.2, 0.25) is 6.79 Å². The van der Waals surface area contributed by atoms with Crippen LogP contribution in [0, 0.1) is 0 Å². The summed E-state index contributed by atoms with van der Waals surface area (Å²) in [7, 11) is 3.27. The Hall–Kier alpha value is -2.11. The number of nitrogens with one attached hydrogen (secondary N) is 1. The number of methoxy groups -OCH3 is 2. The normalized spacial score (nSPS) is 12.3. The Morgan fingerprint density at radius 3 is 2.54 bits per heavy atom. The van der Waals surface area contributed by atoms with Crippen molar-refractivity contribution in [2.75, 3.05) is 27.6 Å². The van der Waals surface area contributed by atoms with Crippen molar-refractivity contribution in [2.45, 2.75) is 13.0 Å². The highest BCUT2D eigenvalue weighted by atomic mass is 35.5. The summed E-state index contributed by atoms with van der Waals surface area (Å²) in [6, 6.07) is 9.68. The molecule has 3 rings (SSSR count). The summed E-state index contributed by atoms with van der Waals surface area (Å²) >= 11 is 6.27. The third kappa shape index (κ3) is 3.68. The Kier molecular flexibility index (Phi) is 5.33. The lowest BCUT2D eigenvalue weighted by atomic mass is 10.1. The molecule has 0 saturated heterocycles. The van der Waals surface area contributed by atoms with Gasteiger partial charge in [-0.15, -0.1) is 0 Å². The summed E-state index contributed by atoms with van der Waals surface area (Å²) in [4.78, 5) is 0. The first-order valence-electron chi connectivity index (χ1n) is 7.71. The van der Waals surface area contributed by atoms with Gasteiger partial charge in [-0.05, 0) is 42.3 Å². The zero-order chi connectivity index (χ0) is 16.9. The van der Waals surface area contributed by atoms with E-state index in [4.69, 9.17) is 30.5 Å². The van der Waals surface area contributed by atoms with Crippen LogP contribution < -0.4 is 24.3 Å². The number of fused-ring (bicyclic) bond motifs is 1. The van der Waals surface area contributed by atoms with Crippen LogP contribution in [0.5, 0.6) is 23.0 Å². The Morgan fingerprint density at radius 1 is 1.04 bits per heavy atom. The van der Waals surface area contributed by atoms with Crippen LogP contribution in [0.1, 0.15) is 11.1 Å². The molecule has 1 aliphatic rings. The van der Waals surface area contributed by atoms with E-state index in [1.54, 1.807) is 20.3 Å². The van der Waals surface area contributed by atoms with Crippen LogP contribution in [0.15, 0.2) is 30.3 Å². The average Bonchev–Trinajstić information content (AvgIpc) is 3.05. The second-order valence-corrected chi connectivity index (χ2v) is 5.82. The highest BCUT2D eigenvalue weighted by Crippen LogP contribution is 2.36. The van der Waals surface area contributed by atoms with Crippen molar-refractivity contribution in [3.05, 3.63) is 46.5 Å². The van der Waals surface area contributed by atoms with Gasteiger partial charge in [0.05, 0.1) is 14.2 Å². The maximum absolute atomic E-state index is 6.27. The van der Waals surface area contributed by atoms with Gasteiger partial charge in [0, 0.05) is 17.6 Å². The lowest BCUT2D eigenvalue weighted by Crippen LogP contribution is -2.17. The molecule has 0 unspecified atom stereocenters. The highest BCUT2D eigenvalue weighted by molar-refractivity contribution is 6.31. The maximum atomic E-state index is 6.27. The first-order chi connectivity index (χ1) is 11.7. The molecule has 0 aliphatic carbocycles. The van der Waals surface area contributed by atoms with Crippen LogP contribution in [-0.4, -0.2) is 27.6 Å². The first-order valence-corrected chi connectivity index (χ1v) is 8.08. The molecule has 1 heterocycles. The average molecular weight is 350 g/mol. The number of benzene rings is 2. The van der Waals surface area contributed by atoms with Gasteiger partial charge in [-0.1, -0.05) is 17.7 Å². The van der Waals surface area contributed by atoms with Gasteiger partial charge >= 0.3 is 0 Å². The highest BCUT2D eigenvalue weighted by Gasteiger charge is 2.16. The van der Waals surface area contributed by atoms with Crippen LogP contribution in [-0.2, 0) is 13.0 Å². The van der Waals surface area contributed by atoms with E-state index in [0.717, 1.165) is 35.8 Å². The van der Waals surface area contributed by atoms with E-state index in [1.165, 1.54) is 5.56 Å². The summed E-state index contributed by atoms with van der Waals surface area (Å²) < 4.78 is 21.3. The topological polar surface area (TPSA) is 49.0 Å². The molecule has 24 heavy (non-hydrogen) atoms. The number of hydrogen-bond donors (Lipinski definition) is 1. The monoisotopic (exact) mass is 349 g/mol. The van der Waals surface area contributed by atoms with Gasteiger partial charge in [-0.2, -0.15) is 0 Å². The zero-order valence-electron chi connectivity index (χ0n) is 13.7. The summed E-state index contributed by atoms with van der Waals surface area (Å²) in [5.74, 6) is 2.93. The van der Waals surface area contributed by atoms with Gasteiger partial charge in [0.25, 0.3) is 0 Å². The molecule has 128 valence electrons. The van der Waals surface area contributed by atoms with Gasteiger partial charge < -0.3 is 24.3 Å². The lowest BCUT2D eigenvalue weighted by molar-refractivity contribution is 0.174. The molecular formula is C18H20ClNO4. The predicted molar refractivity (Wildman–Crippen MR) is 92.5 cm³/mol. The lowest BCUT2D eigenvalue weighted by Gasteiger charge is -2.11. The van der Waals surface area contributed by atoms with E-state index in [2.05, 4.69) is 5.32 Å². The molecule has 5 nitrogen and oxygen atoms in total. The molecular weight excluding hydrogens is 330 g/mol. The van der Waals surface area contributed by atoms with Gasteiger partial charge in [0.15, 0.2) is 23.0 Å². The fourth-order valence-electron chi connectivity index (χ4n) is 2.59. The fourth-order valence-corrected chi connectivity index (χ4v) is 2.81. The SMILES string of the molecule is COc1ccc(CCNCc2cc3c(cc2Cl)OCO3)cc1OC. The maximum Gasteiger partial charge on any atom is 0.231 e. The summed E-state index contributed by atoms with van der Waals surface area (Å²) in [6.07, 6.45) is 0.878. The predicted octanol–water partition coefficient (Wildman–Crippen LogP) is 3.42. The van der Waals surface area contributed by atoms with Crippen molar-refractivity contribution in [3.8, 4) is 23.0 Å². The van der Waals surface area contributed by atoms with E-state index in [0.29, 0.717) is 17.3 Å². The largest absolute Gasteiger partial charge is 0.493 e. The van der Waals surface area contributed by atoms with Crippen LogP contribution in [0.3, 0.4) is 0 Å². The molecule has 0 aromatic heterocycles. The minimum atomic E-state index is 0.252. The number of hydrogen-bond acceptors (Lipinski definition) is 5. The molecule has 0 bridgehead atoms. The second kappa shape index (κ2) is 7.64. The summed E-state index contributed by atoms with van der Waals surface area (Å²) in [6.45, 7) is 1.74. The van der Waals surface area contributed by atoms with Crippen LogP contribution in [0.25, 0.3) is 0 Å². The van der Waals surface area contributed by atoms with Crippen LogP contribution >= 0.6 is 11.6 Å². The smallest absolute Gasteiger partial charge is 0.231 e. The van der Waals surface area contributed by atoms with Gasteiger partial charge in [-0.3, -0.25) is 0 Å². The second-order valence-electron chi connectivity index (χ2n) is 5.41. The Labute approximate surface area is 146 Å². The standard InChI is InChI=1S/C18H20ClNO4/c1-21-15-4-3-12(7-16(15)22-2)5-6-20-10-13-8-17-18(9-14(13)19)24-11-23-17/h3-4,7-9,20H,5-6,10-11H2,1-2H3. The Morgan fingerprint density at radius 2 is 1.79 bits per heavy atom. The van der Waals surface area contributed by atoms with Crippen molar-refractivity contribution in [1.29, 1.82) is 0 Å². The van der Waals surface area contributed by atoms with E-state index in [-0.39, 0.29) is 6.79 Å². The third-order valence-electron chi connectivity index (χ3n) is 3.90. The Balaban J connectivity index is 1.54. The first kappa shape index (κ1) is 16.7. The minimum Gasteiger partial charge on any atom is -0.493 e. The molecule has 0 radical (unpaired) electrons. The number of halogens is 1. The number of ether oxygens (including phenoxy) is 4. The Bertz CT molecular complexity index is 720. The molecule has 0 fully saturated rings. The zero-order valence-corrected chi connectivity index (χ0v) is 14.5. The molecule has 0 saturated carbocycles. The molecule has 0 spiro atoms. The van der Waals surface area contributed by atoms with Crippen LogP contribution in [0.2, 0.25) is 5.02 Å². The molecule has 2 aromatic rings. The molecule has 0 amide bonds. The molecule has 1 N–H and O–H groups in total. The molecule has 6 heteroatoms. The third-order valence-corrected chi connectivity index (χ3v) is 4.25. The van der Waals surface area contributed by atoms with E-state index < -0.39 is 0 Å². The minimum absolute atomic E-state index is 0.252. The summed E-state index contributed by atoms with van der Waals surface area (Å²) in [5, 5.41) is 4.07. The van der Waals surface area contributed by atoms with Crippen molar-refractivity contribution in [2.24, 2.45) is 0 Å². The fraction of sp³-hybridized carbons (Fsp3) is 0.333. The van der Waals surface area contributed by atoms with Crippen molar-refractivity contribution < 1.29 is 18.9 Å². The van der Waals surface area contributed by atoms with Gasteiger partial charge in [0.1, 0.15) is 0 Å². The van der Waals surface area contributed by atoms with Crippen molar-refractivity contribution in [3.63, 3.8) is 0 Å². The molecule has 0 atom stereocenters. The summed E-state index contributed by atoms with van der Waals surface area (Å²) in [5.41, 5.74) is 2.17. The van der Waals surface area contributed by atoms with Crippen molar-refractivity contribution >= 4 is 11.6 Å². The van der Waals surface area contributed by atoms with E-state index in [9.17, 15) is 0 Å².